The van der Waals surface area contributed by atoms with Gasteiger partial charge in [0.25, 0.3) is 5.91 Å². The third-order valence-electron chi connectivity index (χ3n) is 6.17. The van der Waals surface area contributed by atoms with Crippen molar-refractivity contribution in [2.45, 2.75) is 44.2 Å². The van der Waals surface area contributed by atoms with Crippen molar-refractivity contribution in [2.24, 2.45) is 0 Å². The summed E-state index contributed by atoms with van der Waals surface area (Å²) in [6.45, 7) is 1.76. The van der Waals surface area contributed by atoms with Gasteiger partial charge in [-0.2, -0.15) is 0 Å². The van der Waals surface area contributed by atoms with E-state index in [1.54, 1.807) is 0 Å². The molecular formula is C20H23F2N3O4. The molecule has 0 radical (unpaired) electrons. The first-order valence-corrected chi connectivity index (χ1v) is 9.89. The van der Waals surface area contributed by atoms with Crippen molar-refractivity contribution in [1.29, 1.82) is 0 Å². The Kier molecular flexibility index (Phi) is 5.35. The summed E-state index contributed by atoms with van der Waals surface area (Å²) in [4.78, 5) is 39.5. The van der Waals surface area contributed by atoms with E-state index in [4.69, 9.17) is 5.11 Å². The number of fused-ring (bicyclic) bond motifs is 1. The molecule has 29 heavy (non-hydrogen) atoms. The second-order valence-electron chi connectivity index (χ2n) is 7.85. The van der Waals surface area contributed by atoms with Crippen LogP contribution in [-0.4, -0.2) is 64.9 Å². The number of hydrogen-bond donors (Lipinski definition) is 2. The number of amides is 3. The van der Waals surface area contributed by atoms with Crippen LogP contribution in [0.3, 0.4) is 0 Å². The Balaban J connectivity index is 1.58. The molecule has 1 aromatic rings. The minimum Gasteiger partial charge on any atom is -0.395 e. The van der Waals surface area contributed by atoms with Gasteiger partial charge in [0.05, 0.1) is 18.7 Å². The molecule has 1 atom stereocenters. The topological polar surface area (TPSA) is 90.0 Å². The molecule has 1 unspecified atom stereocenters. The van der Waals surface area contributed by atoms with Gasteiger partial charge in [0.15, 0.2) is 0 Å². The lowest BCUT2D eigenvalue weighted by Gasteiger charge is -2.32. The highest BCUT2D eigenvalue weighted by Crippen LogP contribution is 2.38. The molecule has 2 fully saturated rings. The SMILES string of the molecule is O=C1CCC(N2Cc3c(cc(F)c(C4CCN(CCO)CC4)c3F)C2=O)C(=O)N1. The molecule has 0 aromatic heterocycles. The van der Waals surface area contributed by atoms with Gasteiger partial charge in [-0.05, 0) is 44.3 Å². The van der Waals surface area contributed by atoms with Gasteiger partial charge in [0, 0.05) is 24.1 Å². The van der Waals surface area contributed by atoms with Crippen molar-refractivity contribution in [3.63, 3.8) is 0 Å². The number of imide groups is 1. The van der Waals surface area contributed by atoms with Gasteiger partial charge in [-0.3, -0.25) is 19.7 Å². The normalized spacial score (nSPS) is 23.5. The van der Waals surface area contributed by atoms with Crippen molar-refractivity contribution in [2.75, 3.05) is 26.2 Å². The molecule has 2 saturated heterocycles. The minimum atomic E-state index is -0.861. The van der Waals surface area contributed by atoms with Crippen LogP contribution in [0.4, 0.5) is 8.78 Å². The zero-order chi connectivity index (χ0) is 20.7. The van der Waals surface area contributed by atoms with E-state index in [0.29, 0.717) is 32.5 Å². The van der Waals surface area contributed by atoms with Crippen LogP contribution in [0.1, 0.15) is 53.1 Å². The zero-order valence-corrected chi connectivity index (χ0v) is 15.9. The first kappa shape index (κ1) is 19.9. The van der Waals surface area contributed by atoms with Crippen LogP contribution < -0.4 is 5.32 Å². The molecule has 3 heterocycles. The number of nitrogens with zero attached hydrogens (tertiary/aromatic N) is 2. The second kappa shape index (κ2) is 7.79. The lowest BCUT2D eigenvalue weighted by atomic mass is 9.86. The van der Waals surface area contributed by atoms with E-state index in [-0.39, 0.29) is 48.6 Å². The van der Waals surface area contributed by atoms with Crippen LogP contribution in [0.25, 0.3) is 0 Å². The number of aliphatic hydroxyl groups is 1. The monoisotopic (exact) mass is 407 g/mol. The van der Waals surface area contributed by atoms with Gasteiger partial charge in [-0.1, -0.05) is 0 Å². The number of carbonyl (C=O) groups is 3. The fourth-order valence-corrected chi connectivity index (χ4v) is 4.61. The molecule has 0 saturated carbocycles. The summed E-state index contributed by atoms with van der Waals surface area (Å²) in [5.41, 5.74) is 0.0744. The van der Waals surface area contributed by atoms with E-state index >= 15 is 4.39 Å². The van der Waals surface area contributed by atoms with Gasteiger partial charge < -0.3 is 14.9 Å². The number of halogens is 2. The maximum absolute atomic E-state index is 15.3. The molecule has 4 rings (SSSR count). The average molecular weight is 407 g/mol. The fourth-order valence-electron chi connectivity index (χ4n) is 4.61. The Labute approximate surface area is 166 Å². The Morgan fingerprint density at radius 1 is 1.14 bits per heavy atom. The number of carbonyl (C=O) groups excluding carboxylic acids is 3. The number of benzene rings is 1. The van der Waals surface area contributed by atoms with E-state index < -0.39 is 35.4 Å². The number of rotatable bonds is 4. The highest BCUT2D eigenvalue weighted by atomic mass is 19.1. The largest absolute Gasteiger partial charge is 0.395 e. The van der Waals surface area contributed by atoms with Crippen LogP contribution in [0.5, 0.6) is 0 Å². The maximum Gasteiger partial charge on any atom is 0.255 e. The van der Waals surface area contributed by atoms with Gasteiger partial charge in [-0.15, -0.1) is 0 Å². The van der Waals surface area contributed by atoms with E-state index in [1.165, 1.54) is 4.90 Å². The number of nitrogens with one attached hydrogen (secondary N) is 1. The molecule has 3 amide bonds. The molecule has 3 aliphatic heterocycles. The van der Waals surface area contributed by atoms with Crippen LogP contribution in [0, 0.1) is 11.6 Å². The van der Waals surface area contributed by atoms with Gasteiger partial charge in [-0.25, -0.2) is 8.78 Å². The first-order valence-electron chi connectivity index (χ1n) is 9.89. The molecule has 9 heteroatoms. The maximum atomic E-state index is 15.3. The summed E-state index contributed by atoms with van der Waals surface area (Å²) in [5.74, 6) is -3.31. The molecular weight excluding hydrogens is 384 g/mol. The molecule has 0 aliphatic carbocycles. The zero-order valence-electron chi connectivity index (χ0n) is 15.9. The van der Waals surface area contributed by atoms with E-state index in [1.807, 2.05) is 4.90 Å². The quantitative estimate of drug-likeness (QED) is 0.724. The Hall–Kier alpha value is -2.39. The summed E-state index contributed by atoms with van der Waals surface area (Å²) < 4.78 is 30.1. The van der Waals surface area contributed by atoms with Crippen molar-refractivity contribution in [3.05, 3.63) is 34.4 Å². The molecule has 3 aliphatic rings. The van der Waals surface area contributed by atoms with Gasteiger partial charge in [0.1, 0.15) is 17.7 Å². The fraction of sp³-hybridized carbons (Fsp3) is 0.550. The number of piperidine rings is 2. The number of likely N-dealkylation sites (tertiary alicyclic amines) is 1. The van der Waals surface area contributed by atoms with Crippen LogP contribution >= 0.6 is 0 Å². The van der Waals surface area contributed by atoms with Crippen molar-refractivity contribution < 1.29 is 28.3 Å². The third-order valence-corrected chi connectivity index (χ3v) is 6.17. The molecule has 2 N–H and O–H groups in total. The standard InChI is InChI=1S/C20H23F2N3O4/c21-14-9-12-13(10-25(20(12)29)15-1-2-16(27)23-19(15)28)18(22)17(14)11-3-5-24(6-4-11)7-8-26/h9,11,15,26H,1-8,10H2,(H,23,27,28). The Morgan fingerprint density at radius 3 is 2.52 bits per heavy atom. The minimum absolute atomic E-state index is 0.00493. The summed E-state index contributed by atoms with van der Waals surface area (Å²) in [6, 6.07) is 0.224. The average Bonchev–Trinajstić information content (AvgIpc) is 3.00. The Bertz CT molecular complexity index is 868. The smallest absolute Gasteiger partial charge is 0.255 e. The van der Waals surface area contributed by atoms with Crippen molar-refractivity contribution in [3.8, 4) is 0 Å². The second-order valence-corrected chi connectivity index (χ2v) is 7.85. The summed E-state index contributed by atoms with van der Waals surface area (Å²) in [6.07, 6.45) is 1.41. The number of aliphatic hydroxyl groups excluding tert-OH is 1. The van der Waals surface area contributed by atoms with Crippen LogP contribution in [0.2, 0.25) is 0 Å². The van der Waals surface area contributed by atoms with Gasteiger partial charge in [0.2, 0.25) is 11.8 Å². The number of hydrogen-bond acceptors (Lipinski definition) is 5. The predicted octanol–water partition coefficient (Wildman–Crippen LogP) is 0.897. The van der Waals surface area contributed by atoms with Crippen LogP contribution in [0.15, 0.2) is 6.07 Å². The Morgan fingerprint density at radius 2 is 1.86 bits per heavy atom. The molecule has 156 valence electrons. The predicted molar refractivity (Wildman–Crippen MR) is 97.9 cm³/mol. The number of β-amino-alcohol motifs (C(OH)–C–C–N with tert-alkyl or cyclic N) is 1. The lowest BCUT2D eigenvalue weighted by Crippen LogP contribution is -2.52. The van der Waals surface area contributed by atoms with Crippen molar-refractivity contribution >= 4 is 17.7 Å². The highest BCUT2D eigenvalue weighted by molar-refractivity contribution is 6.05. The van der Waals surface area contributed by atoms with Crippen LogP contribution in [-0.2, 0) is 16.1 Å². The molecule has 1 aromatic carbocycles. The lowest BCUT2D eigenvalue weighted by molar-refractivity contribution is -0.136. The third kappa shape index (κ3) is 3.53. The molecule has 0 bridgehead atoms. The summed E-state index contributed by atoms with van der Waals surface area (Å²) in [7, 11) is 0. The highest BCUT2D eigenvalue weighted by Gasteiger charge is 2.42. The summed E-state index contributed by atoms with van der Waals surface area (Å²) in [5, 5.41) is 11.2. The summed E-state index contributed by atoms with van der Waals surface area (Å²) >= 11 is 0. The van der Waals surface area contributed by atoms with Crippen molar-refractivity contribution in [1.82, 2.24) is 15.1 Å². The van der Waals surface area contributed by atoms with E-state index in [0.717, 1.165) is 6.07 Å². The van der Waals surface area contributed by atoms with Gasteiger partial charge >= 0.3 is 0 Å². The van der Waals surface area contributed by atoms with E-state index in [9.17, 15) is 18.8 Å². The first-order chi connectivity index (χ1) is 13.9. The molecule has 7 nitrogen and oxygen atoms in total. The molecule has 0 spiro atoms. The van der Waals surface area contributed by atoms with E-state index in [2.05, 4.69) is 5.32 Å².